The van der Waals surface area contributed by atoms with E-state index in [1.165, 1.54) is 0 Å². The third kappa shape index (κ3) is 4.56. The third-order valence-electron chi connectivity index (χ3n) is 2.59. The van der Waals surface area contributed by atoms with Gasteiger partial charge in [-0.15, -0.1) is 0 Å². The van der Waals surface area contributed by atoms with Gasteiger partial charge in [-0.3, -0.25) is 0 Å². The minimum absolute atomic E-state index is 0.0220. The number of nitrogens with zero attached hydrogens (tertiary/aromatic N) is 1. The van der Waals surface area contributed by atoms with E-state index >= 15 is 0 Å². The summed E-state index contributed by atoms with van der Waals surface area (Å²) in [5.41, 5.74) is 1.15. The van der Waals surface area contributed by atoms with Crippen molar-refractivity contribution in [3.05, 3.63) is 22.2 Å². The monoisotopic (exact) mass is 254 g/mol. The molecular formula is C13H22N2OS. The average molecular weight is 254 g/mol. The molecule has 0 aromatic carbocycles. The molecule has 1 heterocycles. The smallest absolute Gasteiger partial charge is 0.137 e. The molecule has 96 valence electrons. The van der Waals surface area contributed by atoms with Crippen LogP contribution in [0.3, 0.4) is 0 Å². The lowest BCUT2D eigenvalue weighted by molar-refractivity contribution is 0.0873. The van der Waals surface area contributed by atoms with Gasteiger partial charge in [-0.2, -0.15) is 0 Å². The van der Waals surface area contributed by atoms with Gasteiger partial charge in [-0.05, 0) is 24.8 Å². The van der Waals surface area contributed by atoms with Gasteiger partial charge in [0.1, 0.15) is 16.6 Å². The van der Waals surface area contributed by atoms with Crippen molar-refractivity contribution in [3.63, 3.8) is 0 Å². The minimum Gasteiger partial charge on any atom is -0.374 e. The first-order chi connectivity index (χ1) is 8.06. The Bertz CT molecular complexity index is 401. The van der Waals surface area contributed by atoms with Crippen molar-refractivity contribution in [2.24, 2.45) is 5.92 Å². The predicted octanol–water partition coefficient (Wildman–Crippen LogP) is 3.83. The summed E-state index contributed by atoms with van der Waals surface area (Å²) in [4.78, 5) is 7.71. The average Bonchev–Trinajstić information content (AvgIpc) is 2.23. The molecule has 4 heteroatoms. The Hall–Kier alpha value is -0.740. The second-order valence-corrected chi connectivity index (χ2v) is 5.16. The fraction of sp³-hybridized carbons (Fsp3) is 0.692. The van der Waals surface area contributed by atoms with E-state index < -0.39 is 0 Å². The summed E-state index contributed by atoms with van der Waals surface area (Å²) in [5, 5.41) is 0. The number of hydrogen-bond donors (Lipinski definition) is 1. The van der Waals surface area contributed by atoms with Crippen molar-refractivity contribution in [2.75, 3.05) is 7.11 Å². The van der Waals surface area contributed by atoms with Crippen LogP contribution in [0.2, 0.25) is 0 Å². The second-order valence-electron chi connectivity index (χ2n) is 4.74. The Labute approximate surface area is 109 Å². The van der Waals surface area contributed by atoms with E-state index in [-0.39, 0.29) is 6.10 Å². The molecule has 0 spiro atoms. The summed E-state index contributed by atoms with van der Waals surface area (Å²) in [6.07, 6.45) is 3.03. The number of methoxy groups -OCH3 is 1. The summed E-state index contributed by atoms with van der Waals surface area (Å²) in [5.74, 6) is 1.46. The Morgan fingerprint density at radius 2 is 2.18 bits per heavy atom. The fourth-order valence-electron chi connectivity index (χ4n) is 1.86. The molecule has 0 fully saturated rings. The van der Waals surface area contributed by atoms with Crippen LogP contribution in [0.1, 0.15) is 51.2 Å². The van der Waals surface area contributed by atoms with Crippen molar-refractivity contribution >= 4 is 12.2 Å². The Balaban J connectivity index is 2.98. The van der Waals surface area contributed by atoms with Crippen LogP contribution in [0.5, 0.6) is 0 Å². The van der Waals surface area contributed by atoms with E-state index in [0.29, 0.717) is 10.6 Å². The largest absolute Gasteiger partial charge is 0.374 e. The van der Waals surface area contributed by atoms with Gasteiger partial charge in [0.15, 0.2) is 0 Å². The molecular weight excluding hydrogens is 232 g/mol. The Kier molecular flexibility index (Phi) is 5.78. The van der Waals surface area contributed by atoms with E-state index in [2.05, 4.69) is 30.7 Å². The van der Waals surface area contributed by atoms with E-state index in [0.717, 1.165) is 30.8 Å². The van der Waals surface area contributed by atoms with Crippen LogP contribution in [-0.2, 0) is 11.2 Å². The fourth-order valence-corrected chi connectivity index (χ4v) is 2.10. The van der Waals surface area contributed by atoms with E-state index in [1.54, 1.807) is 7.11 Å². The molecule has 0 saturated heterocycles. The normalized spacial score (nSPS) is 13.0. The lowest BCUT2D eigenvalue weighted by Gasteiger charge is -2.15. The van der Waals surface area contributed by atoms with Gasteiger partial charge in [0, 0.05) is 12.8 Å². The molecule has 0 aliphatic heterocycles. The first-order valence-electron chi connectivity index (χ1n) is 6.19. The number of aromatic amines is 1. The van der Waals surface area contributed by atoms with Gasteiger partial charge in [-0.1, -0.05) is 39.4 Å². The minimum atomic E-state index is 0.0220. The quantitative estimate of drug-likeness (QED) is 0.784. The lowest BCUT2D eigenvalue weighted by atomic mass is 10.1. The zero-order valence-electron chi connectivity index (χ0n) is 11.1. The van der Waals surface area contributed by atoms with Crippen molar-refractivity contribution in [2.45, 2.75) is 46.1 Å². The molecule has 0 bridgehead atoms. The van der Waals surface area contributed by atoms with E-state index in [9.17, 15) is 0 Å². The maximum atomic E-state index is 5.45. The van der Waals surface area contributed by atoms with E-state index in [4.69, 9.17) is 17.0 Å². The molecule has 17 heavy (non-hydrogen) atoms. The first-order valence-corrected chi connectivity index (χ1v) is 6.60. The van der Waals surface area contributed by atoms with Crippen LogP contribution in [0.15, 0.2) is 6.07 Å². The topological polar surface area (TPSA) is 37.9 Å². The molecule has 1 unspecified atom stereocenters. The zero-order chi connectivity index (χ0) is 12.8. The van der Waals surface area contributed by atoms with Gasteiger partial charge < -0.3 is 9.72 Å². The summed E-state index contributed by atoms with van der Waals surface area (Å²) in [6.45, 7) is 6.52. The van der Waals surface area contributed by atoms with E-state index in [1.807, 2.05) is 6.07 Å². The summed E-state index contributed by atoms with van der Waals surface area (Å²) in [6, 6.07) is 1.94. The van der Waals surface area contributed by atoms with Gasteiger partial charge in [0.25, 0.3) is 0 Å². The zero-order valence-corrected chi connectivity index (χ0v) is 11.9. The Morgan fingerprint density at radius 3 is 2.71 bits per heavy atom. The summed E-state index contributed by atoms with van der Waals surface area (Å²) in [7, 11) is 1.72. The molecule has 3 nitrogen and oxygen atoms in total. The van der Waals surface area contributed by atoms with Crippen LogP contribution < -0.4 is 0 Å². The SMILES string of the molecule is CCCC(OC)c1nc(=S)cc(CC(C)C)[nH]1. The van der Waals surface area contributed by atoms with Crippen LogP contribution in [0.25, 0.3) is 0 Å². The van der Waals surface area contributed by atoms with Crippen molar-refractivity contribution in [1.29, 1.82) is 0 Å². The van der Waals surface area contributed by atoms with Crippen molar-refractivity contribution < 1.29 is 4.74 Å². The summed E-state index contributed by atoms with van der Waals surface area (Å²) < 4.78 is 6.10. The number of nitrogens with one attached hydrogen (secondary N) is 1. The molecule has 0 radical (unpaired) electrons. The molecule has 1 aromatic rings. The van der Waals surface area contributed by atoms with Gasteiger partial charge in [-0.25, -0.2) is 4.98 Å². The number of H-pyrrole nitrogens is 1. The highest BCUT2D eigenvalue weighted by Crippen LogP contribution is 2.19. The maximum Gasteiger partial charge on any atom is 0.137 e. The van der Waals surface area contributed by atoms with Crippen molar-refractivity contribution in [3.8, 4) is 0 Å². The molecule has 0 saturated carbocycles. The third-order valence-corrected chi connectivity index (χ3v) is 2.79. The lowest BCUT2D eigenvalue weighted by Crippen LogP contribution is -2.09. The second kappa shape index (κ2) is 6.87. The number of rotatable bonds is 6. The molecule has 1 N–H and O–H groups in total. The van der Waals surface area contributed by atoms with Crippen LogP contribution >= 0.6 is 12.2 Å². The molecule has 0 aliphatic rings. The molecule has 0 amide bonds. The number of ether oxygens (including phenoxy) is 1. The Morgan fingerprint density at radius 1 is 1.47 bits per heavy atom. The molecule has 1 aromatic heterocycles. The molecule has 0 aliphatic carbocycles. The van der Waals surface area contributed by atoms with Crippen LogP contribution in [0.4, 0.5) is 0 Å². The van der Waals surface area contributed by atoms with Gasteiger partial charge >= 0.3 is 0 Å². The highest BCUT2D eigenvalue weighted by molar-refractivity contribution is 7.71. The van der Waals surface area contributed by atoms with Gasteiger partial charge in [0.2, 0.25) is 0 Å². The number of hydrogen-bond acceptors (Lipinski definition) is 3. The first kappa shape index (κ1) is 14.3. The number of aromatic nitrogens is 2. The van der Waals surface area contributed by atoms with Crippen LogP contribution in [-0.4, -0.2) is 17.1 Å². The van der Waals surface area contributed by atoms with Crippen LogP contribution in [0, 0.1) is 10.6 Å². The van der Waals surface area contributed by atoms with Crippen molar-refractivity contribution in [1.82, 2.24) is 9.97 Å². The molecule has 1 atom stereocenters. The maximum absolute atomic E-state index is 5.45. The highest BCUT2D eigenvalue weighted by atomic mass is 32.1. The molecule has 1 rings (SSSR count). The standard InChI is InChI=1S/C13H22N2OS/c1-5-6-11(16-4)13-14-10(7-9(2)3)8-12(17)15-13/h8-9,11H,5-7H2,1-4H3,(H,14,15,17). The summed E-state index contributed by atoms with van der Waals surface area (Å²) >= 11 is 5.20. The van der Waals surface area contributed by atoms with Gasteiger partial charge in [0.05, 0.1) is 0 Å². The predicted molar refractivity (Wildman–Crippen MR) is 72.6 cm³/mol. The highest BCUT2D eigenvalue weighted by Gasteiger charge is 2.12.